The van der Waals surface area contributed by atoms with Crippen LogP contribution in [0.3, 0.4) is 0 Å². The van der Waals surface area contributed by atoms with Gasteiger partial charge in [0, 0.05) is 12.6 Å². The van der Waals surface area contributed by atoms with Gasteiger partial charge < -0.3 is 4.90 Å². The maximum atomic E-state index is 2.89. The molecule has 9 atom stereocenters. The van der Waals surface area contributed by atoms with Crippen LogP contribution in [0.2, 0.25) is 0 Å². The van der Waals surface area contributed by atoms with E-state index < -0.39 is 0 Å². The maximum absolute atomic E-state index is 2.89. The molecule has 4 aliphatic carbocycles. The van der Waals surface area contributed by atoms with Crippen LogP contribution in [0.5, 0.6) is 0 Å². The predicted octanol–water partition coefficient (Wildman–Crippen LogP) is 19.6. The fourth-order valence-corrected chi connectivity index (χ4v) is 14.8. The van der Waals surface area contributed by atoms with Crippen LogP contribution in [-0.4, -0.2) is 24.0 Å². The fourth-order valence-electron chi connectivity index (χ4n) is 14.8. The van der Waals surface area contributed by atoms with E-state index in [9.17, 15) is 0 Å². The largest absolute Gasteiger partial charge is 0.300 e. The van der Waals surface area contributed by atoms with Crippen molar-refractivity contribution in [3.05, 3.63) is 36.0 Å². The SMILES string of the molecule is CCCCC/C=C\C/C=C\CCCCCCCCCCC(CCCCCCCC1CCC2(C)C(=CCC3C2CCC2(C)C(CCCCC(C)C)CC[C@@H]32)C1)CN1CCCCC1C. The fraction of sp³-hybridized carbons (Fsp3) is 0.902. The van der Waals surface area contributed by atoms with Gasteiger partial charge in [-0.05, 0) is 181 Å². The van der Waals surface area contributed by atoms with Crippen molar-refractivity contribution < 1.29 is 0 Å². The third kappa shape index (κ3) is 16.8. The molecule has 5 aliphatic rings. The number of piperidine rings is 1. The van der Waals surface area contributed by atoms with E-state index in [1.54, 1.807) is 6.42 Å². The quantitative estimate of drug-likeness (QED) is 0.0481. The van der Waals surface area contributed by atoms with Crippen molar-refractivity contribution in [3.8, 4) is 0 Å². The molecule has 1 heteroatoms. The Bertz CT molecular complexity index is 1260. The Kier molecular flexibility index (Phi) is 24.4. The molecule has 62 heavy (non-hydrogen) atoms. The van der Waals surface area contributed by atoms with E-state index in [0.29, 0.717) is 10.8 Å². The van der Waals surface area contributed by atoms with Gasteiger partial charge in [-0.3, -0.25) is 0 Å². The molecule has 4 fully saturated rings. The van der Waals surface area contributed by atoms with Gasteiger partial charge in [0.15, 0.2) is 0 Å². The van der Waals surface area contributed by atoms with Crippen molar-refractivity contribution in [1.29, 1.82) is 0 Å². The van der Waals surface area contributed by atoms with Gasteiger partial charge >= 0.3 is 0 Å². The Morgan fingerprint density at radius 1 is 0.645 bits per heavy atom. The van der Waals surface area contributed by atoms with Gasteiger partial charge in [-0.25, -0.2) is 0 Å². The Balaban J connectivity index is 0.915. The van der Waals surface area contributed by atoms with E-state index in [2.05, 4.69) is 76.8 Å². The molecule has 1 aliphatic heterocycles. The Morgan fingerprint density at radius 2 is 1.29 bits per heavy atom. The summed E-state index contributed by atoms with van der Waals surface area (Å²) in [4.78, 5) is 2.89. The van der Waals surface area contributed by atoms with E-state index >= 15 is 0 Å². The molecule has 0 aromatic carbocycles. The number of hydrogen-bond donors (Lipinski definition) is 0. The van der Waals surface area contributed by atoms with E-state index in [1.165, 1.54) is 238 Å². The van der Waals surface area contributed by atoms with Crippen LogP contribution in [0, 0.1) is 52.3 Å². The lowest BCUT2D eigenvalue weighted by molar-refractivity contribution is -0.0458. The molecular formula is C61H109N. The lowest BCUT2D eigenvalue weighted by atomic mass is 9.46. The molecule has 0 N–H and O–H groups in total. The molecule has 0 aromatic rings. The normalized spacial score (nSPS) is 30.9. The number of nitrogens with zero attached hydrogens (tertiary/aromatic N) is 1. The molecule has 0 amide bonds. The topological polar surface area (TPSA) is 3.24 Å². The second-order valence-corrected chi connectivity index (χ2v) is 24.0. The van der Waals surface area contributed by atoms with Crippen LogP contribution < -0.4 is 0 Å². The number of rotatable bonds is 32. The zero-order valence-electron chi connectivity index (χ0n) is 43.0. The highest BCUT2D eigenvalue weighted by atomic mass is 15.2. The number of hydrogen-bond acceptors (Lipinski definition) is 1. The highest BCUT2D eigenvalue weighted by Crippen LogP contribution is 2.67. The smallest absolute Gasteiger partial charge is 0.00670 e. The van der Waals surface area contributed by atoms with Crippen LogP contribution in [-0.2, 0) is 0 Å². The van der Waals surface area contributed by atoms with E-state index in [4.69, 9.17) is 0 Å². The Morgan fingerprint density at radius 3 is 1.98 bits per heavy atom. The zero-order valence-corrected chi connectivity index (χ0v) is 43.0. The van der Waals surface area contributed by atoms with Gasteiger partial charge in [0.05, 0.1) is 0 Å². The summed E-state index contributed by atoms with van der Waals surface area (Å²) < 4.78 is 0. The van der Waals surface area contributed by atoms with Gasteiger partial charge in [-0.2, -0.15) is 0 Å². The molecule has 5 rings (SSSR count). The van der Waals surface area contributed by atoms with Crippen molar-refractivity contribution in [3.63, 3.8) is 0 Å². The van der Waals surface area contributed by atoms with E-state index in [-0.39, 0.29) is 0 Å². The molecule has 358 valence electrons. The minimum Gasteiger partial charge on any atom is -0.300 e. The third-order valence-electron chi connectivity index (χ3n) is 19.0. The molecule has 3 saturated carbocycles. The van der Waals surface area contributed by atoms with Crippen LogP contribution in [0.25, 0.3) is 0 Å². The van der Waals surface area contributed by atoms with E-state index in [1.807, 2.05) is 5.57 Å². The third-order valence-corrected chi connectivity index (χ3v) is 19.0. The van der Waals surface area contributed by atoms with Gasteiger partial charge in [0.2, 0.25) is 0 Å². The summed E-state index contributed by atoms with van der Waals surface area (Å²) in [6, 6.07) is 0.815. The summed E-state index contributed by atoms with van der Waals surface area (Å²) in [5, 5.41) is 0. The second-order valence-electron chi connectivity index (χ2n) is 24.0. The molecule has 1 nitrogen and oxygen atoms in total. The first-order valence-corrected chi connectivity index (χ1v) is 29.0. The van der Waals surface area contributed by atoms with Gasteiger partial charge in [0.1, 0.15) is 0 Å². The van der Waals surface area contributed by atoms with Crippen LogP contribution in [0.4, 0.5) is 0 Å². The van der Waals surface area contributed by atoms with E-state index in [0.717, 1.165) is 53.9 Å². The molecule has 0 spiro atoms. The number of fused-ring (bicyclic) bond motifs is 5. The molecule has 0 bridgehead atoms. The first kappa shape index (κ1) is 52.2. The molecule has 1 heterocycles. The number of likely N-dealkylation sites (tertiary alicyclic amines) is 1. The first-order chi connectivity index (χ1) is 30.2. The number of allylic oxidation sites excluding steroid dienone is 6. The molecule has 0 radical (unpaired) electrons. The lowest BCUT2D eigenvalue weighted by Crippen LogP contribution is -2.50. The first-order valence-electron chi connectivity index (χ1n) is 29.0. The van der Waals surface area contributed by atoms with Gasteiger partial charge in [-0.1, -0.05) is 193 Å². The van der Waals surface area contributed by atoms with Crippen molar-refractivity contribution in [1.82, 2.24) is 4.90 Å². The van der Waals surface area contributed by atoms with Crippen molar-refractivity contribution in [2.45, 2.75) is 285 Å². The number of unbranched alkanes of at least 4 members (excludes halogenated alkanes) is 16. The van der Waals surface area contributed by atoms with Crippen molar-refractivity contribution >= 4 is 0 Å². The maximum Gasteiger partial charge on any atom is 0.00670 e. The highest BCUT2D eigenvalue weighted by molar-refractivity contribution is 5.25. The molecule has 0 aromatic heterocycles. The monoisotopic (exact) mass is 856 g/mol. The van der Waals surface area contributed by atoms with Gasteiger partial charge in [-0.15, -0.1) is 0 Å². The second kappa shape index (κ2) is 29.0. The Hall–Kier alpha value is -0.820. The lowest BCUT2D eigenvalue weighted by Gasteiger charge is -2.58. The van der Waals surface area contributed by atoms with Crippen LogP contribution >= 0.6 is 0 Å². The highest BCUT2D eigenvalue weighted by Gasteiger charge is 2.58. The average Bonchev–Trinajstić information content (AvgIpc) is 3.60. The zero-order chi connectivity index (χ0) is 43.9. The molecular weight excluding hydrogens is 747 g/mol. The summed E-state index contributed by atoms with van der Waals surface area (Å²) >= 11 is 0. The summed E-state index contributed by atoms with van der Waals surface area (Å²) in [5.41, 5.74) is 3.11. The minimum atomic E-state index is 0.529. The Labute approximate surface area is 389 Å². The molecule has 8 unspecified atom stereocenters. The molecule has 1 saturated heterocycles. The van der Waals surface area contributed by atoms with Crippen molar-refractivity contribution in [2.75, 3.05) is 13.1 Å². The summed E-state index contributed by atoms with van der Waals surface area (Å²) in [6.07, 6.45) is 65.9. The average molecular weight is 857 g/mol. The summed E-state index contributed by atoms with van der Waals surface area (Å²) in [6.45, 7) is 17.9. The summed E-state index contributed by atoms with van der Waals surface area (Å²) in [5.74, 6) is 6.79. The van der Waals surface area contributed by atoms with Crippen LogP contribution in [0.15, 0.2) is 36.0 Å². The minimum absolute atomic E-state index is 0.529. The predicted molar refractivity (Wildman–Crippen MR) is 276 cm³/mol. The van der Waals surface area contributed by atoms with Crippen molar-refractivity contribution in [2.24, 2.45) is 52.3 Å². The summed E-state index contributed by atoms with van der Waals surface area (Å²) in [7, 11) is 0. The van der Waals surface area contributed by atoms with Gasteiger partial charge in [0.25, 0.3) is 0 Å². The standard InChI is InChI=1S/C61H109N/c1-7-8-9-10-11-12-13-14-15-16-17-18-19-20-21-22-24-28-37-54(50-62-48-33-32-35-52(62)4)38-29-26-23-25-27-36-53-44-46-61(6)56(49-53)40-42-57-58-43-41-55(39-31-30-34-51(2)3)60(58,5)47-45-59(57)61/h11-12,14-15,40,51-55,57-59H,7-10,13,16-39,41-50H2,1-6H3/b12-11-,15-14-/t52?,53?,54?,55?,57?,58-,59?,60?,61?/m0/s1. The van der Waals surface area contributed by atoms with Crippen LogP contribution in [0.1, 0.15) is 279 Å².